The highest BCUT2D eigenvalue weighted by Gasteiger charge is 2.26. The van der Waals surface area contributed by atoms with E-state index >= 15 is 0 Å². The molecule has 4 N–H and O–H groups in total. The lowest BCUT2D eigenvalue weighted by molar-refractivity contribution is 0.0488. The summed E-state index contributed by atoms with van der Waals surface area (Å²) in [4.78, 5) is 16.3. The Hall–Kier alpha value is -4.31. The molecule has 0 fully saturated rings. The number of aromatic nitrogens is 3. The van der Waals surface area contributed by atoms with Crippen LogP contribution in [-0.4, -0.2) is 32.9 Å². The van der Waals surface area contributed by atoms with Gasteiger partial charge < -0.3 is 25.5 Å². The van der Waals surface area contributed by atoms with Crippen LogP contribution in [-0.2, 0) is 12.1 Å². The molecule has 1 aliphatic rings. The van der Waals surface area contributed by atoms with Gasteiger partial charge in [0.05, 0.1) is 17.3 Å². The van der Waals surface area contributed by atoms with E-state index in [9.17, 15) is 14.3 Å². The van der Waals surface area contributed by atoms with Crippen molar-refractivity contribution in [3.05, 3.63) is 83.4 Å². The SMILES string of the molecule is CC(C)(O)c1nnc(-c2cnc(Nc3ccc4c(c3)CNC4=O)cc2N[C@H](CF)c2ccccc2)o1. The van der Waals surface area contributed by atoms with Gasteiger partial charge in [-0.25, -0.2) is 9.37 Å². The maximum absolute atomic E-state index is 14.1. The largest absolute Gasteiger partial charge is 0.417 e. The van der Waals surface area contributed by atoms with E-state index < -0.39 is 18.3 Å². The molecule has 36 heavy (non-hydrogen) atoms. The maximum Gasteiger partial charge on any atom is 0.251 e. The summed E-state index contributed by atoms with van der Waals surface area (Å²) in [6.07, 6.45) is 1.55. The zero-order valence-corrected chi connectivity index (χ0v) is 19.7. The predicted octanol–water partition coefficient (Wildman–Crippen LogP) is 4.47. The van der Waals surface area contributed by atoms with E-state index in [1.165, 1.54) is 0 Å². The molecule has 0 saturated heterocycles. The Labute approximate surface area is 206 Å². The first-order valence-corrected chi connectivity index (χ1v) is 11.4. The van der Waals surface area contributed by atoms with Gasteiger partial charge in [-0.2, -0.15) is 0 Å². The van der Waals surface area contributed by atoms with Gasteiger partial charge >= 0.3 is 0 Å². The molecule has 9 nitrogen and oxygen atoms in total. The minimum Gasteiger partial charge on any atom is -0.417 e. The molecule has 0 bridgehead atoms. The van der Waals surface area contributed by atoms with Crippen molar-refractivity contribution in [1.82, 2.24) is 20.5 Å². The van der Waals surface area contributed by atoms with Gasteiger partial charge in [0.2, 0.25) is 5.89 Å². The molecule has 1 amide bonds. The summed E-state index contributed by atoms with van der Waals surface area (Å²) in [5, 5.41) is 27.5. The van der Waals surface area contributed by atoms with Crippen LogP contribution in [0, 0.1) is 0 Å². The third-order valence-corrected chi connectivity index (χ3v) is 5.83. The average Bonchev–Trinajstić information content (AvgIpc) is 3.51. The van der Waals surface area contributed by atoms with E-state index in [2.05, 4.69) is 31.1 Å². The van der Waals surface area contributed by atoms with E-state index in [1.54, 1.807) is 38.2 Å². The van der Waals surface area contributed by atoms with Gasteiger partial charge in [0.15, 0.2) is 0 Å². The lowest BCUT2D eigenvalue weighted by Gasteiger charge is -2.19. The zero-order valence-electron chi connectivity index (χ0n) is 19.7. The highest BCUT2D eigenvalue weighted by atomic mass is 19.1. The molecule has 0 aliphatic carbocycles. The predicted molar refractivity (Wildman–Crippen MR) is 132 cm³/mol. The van der Waals surface area contributed by atoms with Crippen LogP contribution in [0.2, 0.25) is 0 Å². The smallest absolute Gasteiger partial charge is 0.251 e. The second-order valence-electron chi connectivity index (χ2n) is 9.03. The number of nitrogens with zero attached hydrogens (tertiary/aromatic N) is 3. The molecule has 1 atom stereocenters. The molecule has 4 aromatic rings. The number of carbonyl (C=O) groups is 1. The Kier molecular flexibility index (Phi) is 6.11. The number of amides is 1. The van der Waals surface area contributed by atoms with Crippen molar-refractivity contribution in [1.29, 1.82) is 0 Å². The molecule has 10 heteroatoms. The van der Waals surface area contributed by atoms with Crippen molar-refractivity contribution in [2.24, 2.45) is 0 Å². The Morgan fingerprint density at radius 3 is 2.67 bits per heavy atom. The molecule has 184 valence electrons. The zero-order chi connectivity index (χ0) is 25.3. The van der Waals surface area contributed by atoms with E-state index in [4.69, 9.17) is 4.42 Å². The van der Waals surface area contributed by atoms with Crippen molar-refractivity contribution in [2.75, 3.05) is 17.3 Å². The topological polar surface area (TPSA) is 125 Å². The first-order chi connectivity index (χ1) is 17.3. The molecule has 2 aromatic heterocycles. The summed E-state index contributed by atoms with van der Waals surface area (Å²) in [5.74, 6) is 0.596. The number of rotatable bonds is 8. The van der Waals surface area contributed by atoms with Gasteiger partial charge in [0.25, 0.3) is 11.8 Å². The number of hydrogen-bond acceptors (Lipinski definition) is 8. The number of fused-ring (bicyclic) bond motifs is 1. The fourth-order valence-corrected chi connectivity index (χ4v) is 3.93. The van der Waals surface area contributed by atoms with Crippen LogP contribution in [0.4, 0.5) is 21.6 Å². The number of benzene rings is 2. The van der Waals surface area contributed by atoms with Gasteiger partial charge in [-0.05, 0) is 43.2 Å². The lowest BCUT2D eigenvalue weighted by Crippen LogP contribution is -2.15. The summed E-state index contributed by atoms with van der Waals surface area (Å²) in [6.45, 7) is 2.91. The summed E-state index contributed by atoms with van der Waals surface area (Å²) in [6, 6.07) is 15.8. The standard InChI is InChI=1S/C26H25FN6O3/c1-26(2,35)25-33-32-24(36-25)19-14-28-22(30-17-8-9-18-16(10-17)13-29-23(18)34)11-20(19)31-21(12-27)15-6-4-3-5-7-15/h3-11,14,21,35H,12-13H2,1-2H3,(H,29,34)(H2,28,30,31)/t21-/m1/s1. The third kappa shape index (κ3) is 4.76. The number of alkyl halides is 1. The molecule has 0 saturated carbocycles. The second-order valence-corrected chi connectivity index (χ2v) is 9.03. The van der Waals surface area contributed by atoms with Crippen LogP contribution in [0.15, 0.2) is 65.2 Å². The highest BCUT2D eigenvalue weighted by Crippen LogP contribution is 2.34. The normalized spacial score (nSPS) is 13.7. The summed E-state index contributed by atoms with van der Waals surface area (Å²) in [7, 11) is 0. The number of aliphatic hydroxyl groups is 1. The van der Waals surface area contributed by atoms with Gasteiger partial charge in [0.1, 0.15) is 18.1 Å². The molecule has 0 spiro atoms. The van der Waals surface area contributed by atoms with Gasteiger partial charge in [-0.3, -0.25) is 4.79 Å². The summed E-state index contributed by atoms with van der Waals surface area (Å²) >= 11 is 0. The van der Waals surface area contributed by atoms with Crippen molar-refractivity contribution >= 4 is 23.1 Å². The quantitative estimate of drug-likeness (QED) is 0.286. The molecule has 3 heterocycles. The molecule has 5 rings (SSSR count). The average molecular weight is 489 g/mol. The van der Waals surface area contributed by atoms with Crippen LogP contribution in [0.5, 0.6) is 0 Å². The van der Waals surface area contributed by atoms with Crippen LogP contribution in [0.1, 0.15) is 47.3 Å². The van der Waals surface area contributed by atoms with E-state index in [1.807, 2.05) is 36.4 Å². The number of anilines is 3. The molecule has 1 aliphatic heterocycles. The Balaban J connectivity index is 1.50. The summed E-state index contributed by atoms with van der Waals surface area (Å²) in [5.41, 5.74) is 2.73. The minimum atomic E-state index is -1.32. The molecular weight excluding hydrogens is 463 g/mol. The Bertz CT molecular complexity index is 1400. The third-order valence-electron chi connectivity index (χ3n) is 5.83. The fraction of sp³-hybridized carbons (Fsp3) is 0.231. The number of hydrogen-bond donors (Lipinski definition) is 4. The fourth-order valence-electron chi connectivity index (χ4n) is 3.93. The van der Waals surface area contributed by atoms with Gasteiger partial charge in [-0.15, -0.1) is 10.2 Å². The van der Waals surface area contributed by atoms with Crippen LogP contribution < -0.4 is 16.0 Å². The Morgan fingerprint density at radius 2 is 1.94 bits per heavy atom. The van der Waals surface area contributed by atoms with Crippen LogP contribution in [0.3, 0.4) is 0 Å². The van der Waals surface area contributed by atoms with Crippen molar-refractivity contribution in [3.63, 3.8) is 0 Å². The second kappa shape index (κ2) is 9.38. The van der Waals surface area contributed by atoms with E-state index in [0.717, 1.165) is 16.8 Å². The number of pyridine rings is 1. The van der Waals surface area contributed by atoms with Crippen LogP contribution in [0.25, 0.3) is 11.5 Å². The first-order valence-electron chi connectivity index (χ1n) is 11.4. The molecular formula is C26H25FN6O3. The number of carbonyl (C=O) groups excluding carboxylic acids is 1. The molecule has 2 aromatic carbocycles. The first kappa shape index (κ1) is 23.4. The highest BCUT2D eigenvalue weighted by molar-refractivity contribution is 5.98. The maximum atomic E-state index is 14.1. The lowest BCUT2D eigenvalue weighted by atomic mass is 10.1. The van der Waals surface area contributed by atoms with Gasteiger partial charge in [0, 0.05) is 30.1 Å². The Morgan fingerprint density at radius 1 is 1.14 bits per heavy atom. The summed E-state index contributed by atoms with van der Waals surface area (Å²) < 4.78 is 19.8. The number of nitrogens with one attached hydrogen (secondary N) is 3. The molecule has 0 radical (unpaired) electrons. The van der Waals surface area contributed by atoms with Crippen LogP contribution >= 0.6 is 0 Å². The van der Waals surface area contributed by atoms with E-state index in [-0.39, 0.29) is 17.7 Å². The number of halogens is 1. The molecule has 0 unspecified atom stereocenters. The van der Waals surface area contributed by atoms with Crippen molar-refractivity contribution in [2.45, 2.75) is 32.0 Å². The minimum absolute atomic E-state index is 0.0528. The van der Waals surface area contributed by atoms with E-state index in [0.29, 0.717) is 29.2 Å². The van der Waals surface area contributed by atoms with Crippen molar-refractivity contribution < 1.29 is 18.7 Å². The van der Waals surface area contributed by atoms with Crippen molar-refractivity contribution in [3.8, 4) is 11.5 Å². The monoisotopic (exact) mass is 488 g/mol. The van der Waals surface area contributed by atoms with Gasteiger partial charge in [-0.1, -0.05) is 30.3 Å².